The molecular weight excluding hydrogens is 432 g/mol. The molecule has 0 heterocycles. The average molecular weight is 473 g/mol. The van der Waals surface area contributed by atoms with E-state index < -0.39 is 6.10 Å². The maximum absolute atomic E-state index is 12.6. The van der Waals surface area contributed by atoms with Crippen molar-refractivity contribution in [1.29, 1.82) is 0 Å². The molecule has 1 aromatic rings. The zero-order valence-corrected chi connectivity index (χ0v) is 21.6. The lowest BCUT2D eigenvalue weighted by atomic mass is 9.59. The van der Waals surface area contributed by atoms with Gasteiger partial charge in [-0.2, -0.15) is 0 Å². The number of aryl methyl sites for hydroxylation is 1. The molecule has 1 aromatic carbocycles. The predicted molar refractivity (Wildman–Crippen MR) is 132 cm³/mol. The molecule has 0 amide bonds. The summed E-state index contributed by atoms with van der Waals surface area (Å²) in [5.74, 6) is -0.0730. The number of hydrogen-bond donors (Lipinski definition) is 2. The molecule has 188 valence electrons. The molecule has 34 heavy (non-hydrogen) atoms. The van der Waals surface area contributed by atoms with E-state index in [1.54, 1.807) is 6.92 Å². The Morgan fingerprint density at radius 2 is 1.94 bits per heavy atom. The number of phenolic OH excluding ortho intramolecular Hbond substituents is 2. The van der Waals surface area contributed by atoms with Gasteiger partial charge in [-0.1, -0.05) is 40.7 Å². The molecule has 1 fully saturated rings. The van der Waals surface area contributed by atoms with Gasteiger partial charge >= 0.3 is 5.97 Å². The predicted octanol–water partition coefficient (Wildman–Crippen LogP) is 5.70. The first-order valence-corrected chi connectivity index (χ1v) is 12.2. The van der Waals surface area contributed by atoms with Crippen LogP contribution in [0.15, 0.2) is 17.7 Å². The van der Waals surface area contributed by atoms with E-state index in [9.17, 15) is 24.6 Å². The number of ketones is 1. The van der Waals surface area contributed by atoms with Crippen molar-refractivity contribution in [2.45, 2.75) is 86.7 Å². The van der Waals surface area contributed by atoms with Crippen LogP contribution < -0.4 is 0 Å². The normalized spacial score (nSPS) is 24.2. The maximum atomic E-state index is 12.6. The van der Waals surface area contributed by atoms with Crippen LogP contribution in [-0.2, 0) is 20.7 Å². The molecule has 2 rings (SSSR count). The smallest absolute Gasteiger partial charge is 0.306 e. The van der Waals surface area contributed by atoms with Gasteiger partial charge < -0.3 is 14.9 Å². The fraction of sp³-hybridized carbons (Fsp3) is 0.607. The Morgan fingerprint density at radius 1 is 1.29 bits per heavy atom. The molecule has 0 bridgehead atoms. The minimum atomic E-state index is -0.535. The molecule has 6 heteroatoms. The summed E-state index contributed by atoms with van der Waals surface area (Å²) in [6, 6.07) is 1.46. The molecular formula is C28H40O6. The van der Waals surface area contributed by atoms with Crippen molar-refractivity contribution in [2.24, 2.45) is 23.2 Å². The Bertz CT molecular complexity index is 960. The molecule has 0 spiro atoms. The van der Waals surface area contributed by atoms with Crippen molar-refractivity contribution >= 4 is 18.0 Å². The zero-order valence-electron chi connectivity index (χ0n) is 21.6. The molecule has 1 aliphatic rings. The van der Waals surface area contributed by atoms with Crippen molar-refractivity contribution in [2.75, 3.05) is 0 Å². The Morgan fingerprint density at radius 3 is 2.53 bits per heavy atom. The fourth-order valence-corrected chi connectivity index (χ4v) is 4.90. The van der Waals surface area contributed by atoms with Gasteiger partial charge in [-0.15, -0.1) is 0 Å². The summed E-state index contributed by atoms with van der Waals surface area (Å²) in [5, 5.41) is 20.9. The first-order valence-electron chi connectivity index (χ1n) is 12.2. The highest BCUT2D eigenvalue weighted by Gasteiger charge is 2.45. The summed E-state index contributed by atoms with van der Waals surface area (Å²) >= 11 is 0. The number of aldehydes is 1. The van der Waals surface area contributed by atoms with Gasteiger partial charge in [0.15, 0.2) is 6.29 Å². The van der Waals surface area contributed by atoms with Crippen LogP contribution in [0.3, 0.4) is 0 Å². The zero-order chi connectivity index (χ0) is 25.8. The first kappa shape index (κ1) is 27.6. The minimum Gasteiger partial charge on any atom is -0.508 e. The van der Waals surface area contributed by atoms with Crippen LogP contribution in [0.25, 0.3) is 0 Å². The van der Waals surface area contributed by atoms with Gasteiger partial charge in [-0.05, 0) is 67.6 Å². The maximum Gasteiger partial charge on any atom is 0.306 e. The lowest BCUT2D eigenvalue weighted by Crippen LogP contribution is -2.44. The Hall–Kier alpha value is -2.63. The summed E-state index contributed by atoms with van der Waals surface area (Å²) < 4.78 is 5.94. The van der Waals surface area contributed by atoms with E-state index in [4.69, 9.17) is 4.74 Å². The SMILES string of the molecule is CC(=CCc1c(O)cc(C)c(C=O)c1O)[C@@H](C[C@]1(C)[C@H](C)CCC(=O)[C@@H]1C)OC(=O)CC(C)C. The van der Waals surface area contributed by atoms with E-state index >= 15 is 0 Å². The van der Waals surface area contributed by atoms with Crippen LogP contribution in [-0.4, -0.2) is 34.4 Å². The Balaban J connectivity index is 2.39. The van der Waals surface area contributed by atoms with Gasteiger partial charge in [-0.25, -0.2) is 0 Å². The van der Waals surface area contributed by atoms with Gasteiger partial charge in [0.05, 0.1) is 5.56 Å². The Kier molecular flexibility index (Phi) is 9.09. The number of carbonyl (C=O) groups excluding carboxylic acids is 3. The highest BCUT2D eigenvalue weighted by molar-refractivity contribution is 5.83. The lowest BCUT2D eigenvalue weighted by molar-refractivity contribution is -0.151. The average Bonchev–Trinajstić information content (AvgIpc) is 2.74. The number of phenols is 2. The van der Waals surface area contributed by atoms with E-state index in [0.29, 0.717) is 37.0 Å². The third kappa shape index (κ3) is 6.08. The van der Waals surface area contributed by atoms with Crippen molar-refractivity contribution in [3.05, 3.63) is 34.4 Å². The molecule has 1 aliphatic carbocycles. The number of Topliss-reactive ketones (excluding diaryl/α,β-unsaturated/α-hetero) is 1. The summed E-state index contributed by atoms with van der Waals surface area (Å²) in [6.45, 7) is 13.6. The summed E-state index contributed by atoms with van der Waals surface area (Å²) in [6.07, 6.45) is 4.23. The number of ether oxygens (including phenoxy) is 1. The minimum absolute atomic E-state index is 0.0925. The van der Waals surface area contributed by atoms with E-state index in [-0.39, 0.29) is 58.1 Å². The van der Waals surface area contributed by atoms with Gasteiger partial charge in [0, 0.05) is 24.3 Å². The van der Waals surface area contributed by atoms with Crippen LogP contribution in [0.5, 0.6) is 11.5 Å². The third-order valence-electron chi connectivity index (χ3n) is 7.78. The van der Waals surface area contributed by atoms with Crippen LogP contribution in [0, 0.1) is 30.1 Å². The van der Waals surface area contributed by atoms with Crippen LogP contribution >= 0.6 is 0 Å². The van der Waals surface area contributed by atoms with Crippen LogP contribution in [0.2, 0.25) is 0 Å². The molecule has 0 radical (unpaired) electrons. The number of hydrogen-bond acceptors (Lipinski definition) is 6. The molecule has 1 saturated carbocycles. The second kappa shape index (κ2) is 11.2. The molecule has 0 saturated heterocycles. The van der Waals surface area contributed by atoms with Crippen molar-refractivity contribution < 1.29 is 29.3 Å². The number of carbonyl (C=O) groups is 3. The van der Waals surface area contributed by atoms with Crippen LogP contribution in [0.4, 0.5) is 0 Å². The fourth-order valence-electron chi connectivity index (χ4n) is 4.90. The quantitative estimate of drug-likeness (QED) is 0.272. The number of aromatic hydroxyl groups is 2. The highest BCUT2D eigenvalue weighted by Crippen LogP contribution is 2.48. The van der Waals surface area contributed by atoms with E-state index in [0.717, 1.165) is 12.0 Å². The van der Waals surface area contributed by atoms with E-state index in [1.807, 2.05) is 33.8 Å². The number of esters is 1. The topological polar surface area (TPSA) is 101 Å². The van der Waals surface area contributed by atoms with Gasteiger partial charge in [-0.3, -0.25) is 14.4 Å². The molecule has 2 N–H and O–H groups in total. The molecule has 0 aliphatic heterocycles. The first-order chi connectivity index (χ1) is 15.8. The summed E-state index contributed by atoms with van der Waals surface area (Å²) in [7, 11) is 0. The molecule has 0 aromatic heterocycles. The summed E-state index contributed by atoms with van der Waals surface area (Å²) in [4.78, 5) is 36.5. The largest absolute Gasteiger partial charge is 0.508 e. The van der Waals surface area contributed by atoms with Crippen molar-refractivity contribution in [3.63, 3.8) is 0 Å². The molecule has 6 nitrogen and oxygen atoms in total. The van der Waals surface area contributed by atoms with E-state index in [1.165, 1.54) is 6.07 Å². The van der Waals surface area contributed by atoms with Gasteiger partial charge in [0.25, 0.3) is 0 Å². The van der Waals surface area contributed by atoms with Crippen molar-refractivity contribution in [1.82, 2.24) is 0 Å². The molecule has 4 atom stereocenters. The second-order valence-corrected chi connectivity index (χ2v) is 10.6. The number of benzene rings is 1. The Labute approximate surface area is 203 Å². The monoisotopic (exact) mass is 472 g/mol. The van der Waals surface area contributed by atoms with Crippen LogP contribution in [0.1, 0.15) is 88.7 Å². The van der Waals surface area contributed by atoms with Gasteiger partial charge in [0.2, 0.25) is 0 Å². The highest BCUT2D eigenvalue weighted by atomic mass is 16.5. The van der Waals surface area contributed by atoms with Crippen molar-refractivity contribution in [3.8, 4) is 11.5 Å². The number of rotatable bonds is 9. The molecule has 0 unspecified atom stereocenters. The van der Waals surface area contributed by atoms with E-state index in [2.05, 4.69) is 13.8 Å². The third-order valence-corrected chi connectivity index (χ3v) is 7.78. The van der Waals surface area contributed by atoms with Gasteiger partial charge in [0.1, 0.15) is 23.4 Å². The second-order valence-electron chi connectivity index (χ2n) is 10.6. The number of allylic oxidation sites excluding steroid dienone is 1. The lowest BCUT2D eigenvalue weighted by Gasteiger charge is -2.45. The summed E-state index contributed by atoms with van der Waals surface area (Å²) in [5.41, 5.74) is 1.34. The standard InChI is InChI=1S/C28H40O6/c1-16(2)12-26(32)34-25(14-28(7)19(5)9-11-23(30)20(28)6)17(3)8-10-21-24(31)13-18(4)22(15-29)27(21)33/h8,13,15-16,19-20,25,31,33H,9-12,14H2,1-7H3/t19-,20+,25-,28-/m1/s1.